The third kappa shape index (κ3) is 8270. The first-order valence-electron chi connectivity index (χ1n) is 1.66. The zero-order valence-electron chi connectivity index (χ0n) is 4.74. The molecule has 0 aliphatic heterocycles. The van der Waals surface area contributed by atoms with Gasteiger partial charge in [0, 0.05) is 24.0 Å². The molecule has 8 heteroatoms. The van der Waals surface area contributed by atoms with Crippen molar-refractivity contribution in [1.82, 2.24) is 0 Å². The fourth-order valence-electron chi connectivity index (χ4n) is 0. The van der Waals surface area contributed by atoms with Gasteiger partial charge in [0.15, 0.2) is 0 Å². The molecule has 10 heavy (non-hydrogen) atoms. The van der Waals surface area contributed by atoms with Crippen LogP contribution in [0.2, 0.25) is 0 Å². The molecule has 0 heterocycles. The molecular formula is C2H4AsCuO6-3. The van der Waals surface area contributed by atoms with E-state index in [1.807, 2.05) is 0 Å². The standard InChI is InChI=1S/C2H4O2.AsH3O4.Cu/c1-2(3)4;2-1(3,4)5;/h1H3,(H,3,4);(H3,2,3,4,5);/p-3. The smallest absolute Gasteiger partial charge is 0 e. The summed E-state index contributed by atoms with van der Waals surface area (Å²) in [6, 6.07) is 0. The van der Waals surface area contributed by atoms with E-state index in [0.29, 0.717) is 0 Å². The van der Waals surface area contributed by atoms with Crippen molar-refractivity contribution in [2.45, 2.75) is 6.92 Å². The van der Waals surface area contributed by atoms with E-state index in [9.17, 15) is 0 Å². The van der Waals surface area contributed by atoms with Gasteiger partial charge in [-0.15, -0.1) is 0 Å². The Labute approximate surface area is 70.7 Å². The molecule has 0 amide bonds. The van der Waals surface area contributed by atoms with E-state index in [1.54, 1.807) is 0 Å². The first kappa shape index (κ1) is 16.7. The van der Waals surface area contributed by atoms with Gasteiger partial charge in [-0.05, 0) is 0 Å². The minimum Gasteiger partial charge on any atom is 0 e. The summed E-state index contributed by atoms with van der Waals surface area (Å²) in [6.45, 7) is 1.08. The van der Waals surface area contributed by atoms with Gasteiger partial charge in [-0.2, -0.15) is 0 Å². The fraction of sp³-hybridized carbons (Fsp3) is 0.500. The van der Waals surface area contributed by atoms with Crippen molar-refractivity contribution in [3.05, 3.63) is 0 Å². The van der Waals surface area contributed by atoms with Crippen LogP contribution in [0.1, 0.15) is 6.92 Å². The van der Waals surface area contributed by atoms with Crippen LogP contribution in [0.15, 0.2) is 0 Å². The number of rotatable bonds is 0. The molecule has 0 spiro atoms. The largest absolute Gasteiger partial charge is 0 e. The molecule has 0 saturated carbocycles. The van der Waals surface area contributed by atoms with Crippen molar-refractivity contribution >= 4 is 20.5 Å². The van der Waals surface area contributed by atoms with E-state index in [2.05, 4.69) is 0 Å². The predicted octanol–water partition coefficient (Wildman–Crippen LogP) is -3.98. The van der Waals surface area contributed by atoms with Gasteiger partial charge < -0.3 is 5.11 Å². The molecule has 0 unspecified atom stereocenters. The molecule has 0 atom stereocenters. The van der Waals surface area contributed by atoms with Crippen LogP contribution in [-0.4, -0.2) is 25.6 Å². The Morgan fingerprint density at radius 3 is 1.40 bits per heavy atom. The van der Waals surface area contributed by atoms with Gasteiger partial charge in [0.1, 0.15) is 0 Å². The molecule has 0 aromatic rings. The van der Waals surface area contributed by atoms with E-state index >= 15 is 0 Å². The molecule has 0 aromatic heterocycles. The van der Waals surface area contributed by atoms with Gasteiger partial charge in [-0.25, -0.2) is 0 Å². The van der Waals surface area contributed by atoms with Crippen LogP contribution in [0.5, 0.6) is 0 Å². The fourth-order valence-corrected chi connectivity index (χ4v) is 0. The Hall–Kier alpha value is 0.228. The zero-order chi connectivity index (χ0) is 8.08. The second kappa shape index (κ2) is 7.34. The Morgan fingerprint density at radius 1 is 1.40 bits per heavy atom. The third-order valence-corrected chi connectivity index (χ3v) is 0. The molecule has 0 bridgehead atoms. The Kier molecular flexibility index (Phi) is 12.2. The van der Waals surface area contributed by atoms with Crippen molar-refractivity contribution in [3.8, 4) is 0 Å². The van der Waals surface area contributed by atoms with Crippen LogP contribution in [0.3, 0.4) is 0 Å². The summed E-state index contributed by atoms with van der Waals surface area (Å²) >= 11 is -5.88. The third-order valence-electron chi connectivity index (χ3n) is 0. The van der Waals surface area contributed by atoms with Crippen LogP contribution in [0.25, 0.3) is 0 Å². The summed E-state index contributed by atoms with van der Waals surface area (Å²) in [4.78, 5) is 9.00. The molecule has 6 nitrogen and oxygen atoms in total. The van der Waals surface area contributed by atoms with Crippen LogP contribution in [-0.2, 0) is 25.6 Å². The second-order valence-corrected chi connectivity index (χ2v) is 2.84. The molecule has 0 saturated heterocycles. The van der Waals surface area contributed by atoms with E-state index in [-0.39, 0.29) is 17.1 Å². The average Bonchev–Trinajstić information content (AvgIpc) is 1.19. The van der Waals surface area contributed by atoms with E-state index in [4.69, 9.17) is 25.9 Å². The quantitative estimate of drug-likeness (QED) is 0.444. The summed E-state index contributed by atoms with van der Waals surface area (Å²) in [6.07, 6.45) is 0. The SMILES string of the molecule is CC(=O)O.O=[As]([O-])([O-])[O-].[Cu]. The number of hydrogen-bond donors (Lipinski definition) is 1. The van der Waals surface area contributed by atoms with Crippen molar-refractivity contribution in [3.63, 3.8) is 0 Å². The van der Waals surface area contributed by atoms with Gasteiger partial charge in [0.2, 0.25) is 0 Å². The van der Waals surface area contributed by atoms with Gasteiger partial charge in [0.25, 0.3) is 5.97 Å². The van der Waals surface area contributed by atoms with E-state index in [1.165, 1.54) is 0 Å². The summed E-state index contributed by atoms with van der Waals surface area (Å²) in [7, 11) is 0. The second-order valence-electron chi connectivity index (χ2n) is 0.966. The Balaban J connectivity index is -0.0000000910. The molecule has 67 valence electrons. The molecule has 0 rings (SSSR count). The first-order valence-corrected chi connectivity index (χ1v) is 4.72. The Morgan fingerprint density at radius 2 is 1.40 bits per heavy atom. The minimum absolute atomic E-state index is 0. The van der Waals surface area contributed by atoms with Crippen LogP contribution < -0.4 is 12.3 Å². The van der Waals surface area contributed by atoms with E-state index < -0.39 is 20.5 Å². The predicted molar refractivity (Wildman–Crippen MR) is 19.8 cm³/mol. The molecule has 0 aliphatic carbocycles. The van der Waals surface area contributed by atoms with Crippen molar-refractivity contribution in [2.75, 3.05) is 0 Å². The molecule has 1 radical (unpaired) electrons. The average molecular weight is 263 g/mol. The summed E-state index contributed by atoms with van der Waals surface area (Å²) in [5, 5.41) is 7.42. The van der Waals surface area contributed by atoms with Gasteiger partial charge in [0.05, 0.1) is 0 Å². The topological polar surface area (TPSA) is 124 Å². The molecule has 0 aromatic carbocycles. The van der Waals surface area contributed by atoms with Gasteiger partial charge in [-0.3, -0.25) is 4.79 Å². The monoisotopic (exact) mass is 262 g/mol. The molecular weight excluding hydrogens is 258 g/mol. The normalized spacial score (nSPS) is 8.40. The van der Waals surface area contributed by atoms with Crippen molar-refractivity contribution in [2.24, 2.45) is 0 Å². The maximum atomic E-state index is 9.00. The minimum atomic E-state index is -5.88. The maximum Gasteiger partial charge on any atom is 0 e. The summed E-state index contributed by atoms with van der Waals surface area (Å²) in [5.74, 6) is -0.833. The van der Waals surface area contributed by atoms with Crippen LogP contribution in [0.4, 0.5) is 0 Å². The molecule has 0 aliphatic rings. The van der Waals surface area contributed by atoms with E-state index in [0.717, 1.165) is 6.92 Å². The Bertz CT molecular complexity index is 115. The van der Waals surface area contributed by atoms with Gasteiger partial charge >= 0.3 is 30.5 Å². The van der Waals surface area contributed by atoms with Crippen LogP contribution >= 0.6 is 0 Å². The van der Waals surface area contributed by atoms with Crippen LogP contribution in [0, 0.1) is 0 Å². The molecule has 1 N–H and O–H groups in total. The van der Waals surface area contributed by atoms with Crippen molar-refractivity contribution in [1.29, 1.82) is 0 Å². The van der Waals surface area contributed by atoms with Crippen molar-refractivity contribution < 1.29 is 43.0 Å². The maximum absolute atomic E-state index is 9.00. The zero-order valence-corrected chi connectivity index (χ0v) is 7.56. The number of carboxylic acid groups (broad SMARTS) is 1. The first-order chi connectivity index (χ1) is 3.73. The number of carboxylic acids is 1. The number of carbonyl (C=O) groups is 1. The van der Waals surface area contributed by atoms with Gasteiger partial charge in [-0.1, -0.05) is 0 Å². The number of hydrogen-bond acceptors (Lipinski definition) is 5. The summed E-state index contributed by atoms with van der Waals surface area (Å²) < 4.78 is 34.4. The summed E-state index contributed by atoms with van der Waals surface area (Å²) in [5.41, 5.74) is 0. The number of aliphatic carboxylic acids is 1. The molecule has 0 fully saturated rings.